The number of carbonyl (C=O) groups is 8. The van der Waals surface area contributed by atoms with Gasteiger partial charge in [0.25, 0.3) is 5.91 Å². The van der Waals surface area contributed by atoms with Gasteiger partial charge in [0.15, 0.2) is 11.4 Å². The van der Waals surface area contributed by atoms with Gasteiger partial charge in [-0.15, -0.1) is 0 Å². The third-order valence-corrected chi connectivity index (χ3v) is 8.73. The zero-order valence-electron chi connectivity index (χ0n) is 29.9. The molecule has 1 aromatic carbocycles. The largest absolute Gasteiger partial charge is 0.493 e. The number of hydrogen-bond acceptors (Lipinski definition) is 12. The van der Waals surface area contributed by atoms with E-state index in [1.165, 1.54) is 26.3 Å². The Morgan fingerprint density at radius 2 is 1.52 bits per heavy atom. The summed E-state index contributed by atoms with van der Waals surface area (Å²) in [6.45, 7) is 4.46. The van der Waals surface area contributed by atoms with E-state index in [2.05, 4.69) is 10.3 Å². The number of hydrogen-bond donors (Lipinski definition) is 2. The Morgan fingerprint density at radius 3 is 2.13 bits per heavy atom. The Kier molecular flexibility index (Phi) is 15.8. The number of ketones is 4. The number of nitrogens with zero attached hydrogens (tertiary/aromatic N) is 1. The molecule has 0 radical (unpaired) electrons. The molecule has 2 aromatic rings. The SMILES string of the molecule is COc1ccnc(C(=O)N[C@H]2CC(=O)C(=O)[C@H](Cc3ccccc3)[C@H](OC(=O)C(C)C)[C@H](C)C(=O)C2=O)c1OC(=O)CCCCCCCCC(=O)O. The van der Waals surface area contributed by atoms with Crippen LogP contribution in [0.4, 0.5) is 0 Å². The molecule has 0 bridgehead atoms. The molecule has 52 heavy (non-hydrogen) atoms. The summed E-state index contributed by atoms with van der Waals surface area (Å²) in [5.74, 6) is -11.2. The van der Waals surface area contributed by atoms with Gasteiger partial charge in [-0.1, -0.05) is 76.8 Å². The van der Waals surface area contributed by atoms with E-state index in [1.807, 2.05) is 0 Å². The second-order valence-electron chi connectivity index (χ2n) is 13.1. The molecular formula is C38H46N2O12. The molecule has 1 amide bonds. The van der Waals surface area contributed by atoms with Crippen LogP contribution >= 0.6 is 0 Å². The zero-order valence-corrected chi connectivity index (χ0v) is 29.9. The molecule has 4 atom stereocenters. The smallest absolute Gasteiger partial charge is 0.311 e. The van der Waals surface area contributed by atoms with E-state index >= 15 is 0 Å². The van der Waals surface area contributed by atoms with Gasteiger partial charge in [0, 0.05) is 31.5 Å². The molecule has 0 aliphatic heterocycles. The molecular weight excluding hydrogens is 676 g/mol. The molecule has 1 saturated carbocycles. The lowest BCUT2D eigenvalue weighted by Gasteiger charge is -2.29. The van der Waals surface area contributed by atoms with Crippen LogP contribution in [0, 0.1) is 17.8 Å². The Labute approximate surface area is 302 Å². The van der Waals surface area contributed by atoms with Crippen molar-refractivity contribution in [2.45, 2.75) is 97.1 Å². The summed E-state index contributed by atoms with van der Waals surface area (Å²) < 4.78 is 16.4. The molecule has 0 saturated heterocycles. The van der Waals surface area contributed by atoms with Gasteiger partial charge in [0.2, 0.25) is 28.9 Å². The molecule has 0 unspecified atom stereocenters. The zero-order chi connectivity index (χ0) is 38.4. The van der Waals surface area contributed by atoms with Gasteiger partial charge in [-0.2, -0.15) is 0 Å². The second-order valence-corrected chi connectivity index (χ2v) is 13.1. The van der Waals surface area contributed by atoms with Crippen molar-refractivity contribution < 1.29 is 57.7 Å². The average Bonchev–Trinajstić information content (AvgIpc) is 3.13. The first-order valence-corrected chi connectivity index (χ1v) is 17.4. The Bertz CT molecular complexity index is 1640. The van der Waals surface area contributed by atoms with Gasteiger partial charge in [-0.05, 0) is 24.8 Å². The van der Waals surface area contributed by atoms with Crippen LogP contribution in [0.5, 0.6) is 11.5 Å². The molecule has 1 aromatic heterocycles. The maximum atomic E-state index is 13.8. The summed E-state index contributed by atoms with van der Waals surface area (Å²) in [7, 11) is 1.28. The first-order chi connectivity index (χ1) is 24.7. The fraction of sp³-hybridized carbons (Fsp3) is 0.500. The van der Waals surface area contributed by atoms with E-state index in [-0.39, 0.29) is 30.8 Å². The maximum Gasteiger partial charge on any atom is 0.311 e. The van der Waals surface area contributed by atoms with Gasteiger partial charge in [-0.3, -0.25) is 38.4 Å². The number of pyridine rings is 1. The highest BCUT2D eigenvalue weighted by atomic mass is 16.6. The number of aromatic nitrogens is 1. The summed E-state index contributed by atoms with van der Waals surface area (Å²) in [6, 6.07) is 8.20. The van der Waals surface area contributed by atoms with Crippen LogP contribution in [-0.4, -0.2) is 76.3 Å². The van der Waals surface area contributed by atoms with Crippen molar-refractivity contribution in [3.8, 4) is 11.5 Å². The van der Waals surface area contributed by atoms with Crippen LogP contribution in [0.15, 0.2) is 42.6 Å². The quantitative estimate of drug-likeness (QED) is 0.134. The number of rotatable bonds is 17. The number of amides is 1. The van der Waals surface area contributed by atoms with Gasteiger partial charge >= 0.3 is 17.9 Å². The molecule has 280 valence electrons. The standard InChI is InChI=1S/C38H46N2O12/c1-22(2)38(49)52-35-23(3)32(45)34(47)26(21-27(41)33(46)25(35)20-24-14-10-9-11-15-24)40-37(48)31-36(28(50-4)18-19-39-31)51-30(44)17-13-8-6-5-7-12-16-29(42)43/h9-11,14-15,18-19,22-23,25-26,35H,5-8,12-13,16-17,20-21H2,1-4H3,(H,40,48)(H,42,43)/t23-,25+,26+,35-/m1/s1. The van der Waals surface area contributed by atoms with Crippen molar-refractivity contribution in [3.05, 3.63) is 53.9 Å². The Balaban J connectivity index is 1.82. The number of carboxylic acid groups (broad SMARTS) is 1. The van der Waals surface area contributed by atoms with E-state index in [1.54, 1.807) is 44.2 Å². The number of unbranched alkanes of at least 4 members (excludes halogenated alkanes) is 5. The lowest BCUT2D eigenvalue weighted by molar-refractivity contribution is -0.163. The number of Topliss-reactive ketones (excluding diaryl/α,β-unsaturated/α-hetero) is 4. The van der Waals surface area contributed by atoms with Crippen molar-refractivity contribution in [2.75, 3.05) is 7.11 Å². The van der Waals surface area contributed by atoms with Gasteiger partial charge in [-0.25, -0.2) is 4.98 Å². The first kappa shape index (κ1) is 41.2. The van der Waals surface area contributed by atoms with E-state index in [0.717, 1.165) is 19.3 Å². The summed E-state index contributed by atoms with van der Waals surface area (Å²) >= 11 is 0. The van der Waals surface area contributed by atoms with E-state index < -0.39 is 89.0 Å². The number of nitrogens with one attached hydrogen (secondary N) is 1. The highest BCUT2D eigenvalue weighted by Crippen LogP contribution is 2.31. The molecule has 0 spiro atoms. The van der Waals surface area contributed by atoms with Crippen LogP contribution in [0.2, 0.25) is 0 Å². The monoisotopic (exact) mass is 722 g/mol. The summed E-state index contributed by atoms with van der Waals surface area (Å²) in [6.07, 6.45) is 3.04. The predicted molar refractivity (Wildman–Crippen MR) is 184 cm³/mol. The molecule has 2 N–H and O–H groups in total. The molecule has 14 nitrogen and oxygen atoms in total. The average molecular weight is 723 g/mol. The first-order valence-electron chi connectivity index (χ1n) is 17.4. The second kappa shape index (κ2) is 19.9. The predicted octanol–water partition coefficient (Wildman–Crippen LogP) is 4.04. The third kappa shape index (κ3) is 11.6. The van der Waals surface area contributed by atoms with Crippen molar-refractivity contribution in [1.29, 1.82) is 0 Å². The minimum absolute atomic E-state index is 0.00888. The fourth-order valence-corrected chi connectivity index (χ4v) is 5.77. The third-order valence-electron chi connectivity index (χ3n) is 8.73. The summed E-state index contributed by atoms with van der Waals surface area (Å²) in [5.41, 5.74) is 0.164. The van der Waals surface area contributed by atoms with Crippen molar-refractivity contribution >= 4 is 46.9 Å². The number of carbonyl (C=O) groups excluding carboxylic acids is 7. The van der Waals surface area contributed by atoms with E-state index in [4.69, 9.17) is 19.3 Å². The highest BCUT2D eigenvalue weighted by Gasteiger charge is 2.46. The van der Waals surface area contributed by atoms with Gasteiger partial charge in [0.05, 0.1) is 24.9 Å². The number of carboxylic acids is 1. The summed E-state index contributed by atoms with van der Waals surface area (Å²) in [4.78, 5) is 108. The van der Waals surface area contributed by atoms with Crippen molar-refractivity contribution in [2.24, 2.45) is 17.8 Å². The van der Waals surface area contributed by atoms with Crippen LogP contribution in [-0.2, 0) is 44.7 Å². The van der Waals surface area contributed by atoms with Crippen LogP contribution in [0.1, 0.15) is 94.6 Å². The number of esters is 2. The van der Waals surface area contributed by atoms with E-state index in [0.29, 0.717) is 24.8 Å². The number of ether oxygens (including phenoxy) is 3. The Hall–Kier alpha value is -5.27. The molecule has 1 aliphatic carbocycles. The highest BCUT2D eigenvalue weighted by molar-refractivity contribution is 6.44. The van der Waals surface area contributed by atoms with Crippen LogP contribution < -0.4 is 14.8 Å². The fourth-order valence-electron chi connectivity index (χ4n) is 5.77. The Morgan fingerprint density at radius 1 is 0.885 bits per heavy atom. The topological polar surface area (TPSA) is 209 Å². The minimum atomic E-state index is -1.79. The lowest BCUT2D eigenvalue weighted by atomic mass is 9.81. The molecule has 14 heteroatoms. The normalized spacial score (nSPS) is 19.3. The van der Waals surface area contributed by atoms with Crippen LogP contribution in [0.3, 0.4) is 0 Å². The van der Waals surface area contributed by atoms with Crippen molar-refractivity contribution in [1.82, 2.24) is 10.3 Å². The molecule has 3 rings (SSSR count). The number of aliphatic carboxylic acids is 1. The minimum Gasteiger partial charge on any atom is -0.493 e. The lowest BCUT2D eigenvalue weighted by Crippen LogP contribution is -2.48. The van der Waals surface area contributed by atoms with Gasteiger partial charge < -0.3 is 24.6 Å². The van der Waals surface area contributed by atoms with E-state index in [9.17, 15) is 38.4 Å². The summed E-state index contributed by atoms with van der Waals surface area (Å²) in [5, 5.41) is 11.1. The van der Waals surface area contributed by atoms with Crippen LogP contribution in [0.25, 0.3) is 0 Å². The molecule has 1 aliphatic rings. The van der Waals surface area contributed by atoms with Gasteiger partial charge in [0.1, 0.15) is 12.1 Å². The molecule has 1 heterocycles. The number of benzene rings is 1. The maximum absolute atomic E-state index is 13.8. The molecule has 1 fully saturated rings. The number of methoxy groups -OCH3 is 1. The van der Waals surface area contributed by atoms with Crippen molar-refractivity contribution in [3.63, 3.8) is 0 Å².